The fourth-order valence-electron chi connectivity index (χ4n) is 2.96. The van der Waals surface area contributed by atoms with Crippen molar-refractivity contribution >= 4 is 5.91 Å². The first-order valence-electron chi connectivity index (χ1n) is 8.26. The second kappa shape index (κ2) is 6.56. The summed E-state index contributed by atoms with van der Waals surface area (Å²) in [6.07, 6.45) is 0. The topological polar surface area (TPSA) is 38.8 Å². The summed E-state index contributed by atoms with van der Waals surface area (Å²) in [7, 11) is 0. The first kappa shape index (κ1) is 16.4. The summed E-state index contributed by atoms with van der Waals surface area (Å²) in [5, 5.41) is 0. The van der Waals surface area contributed by atoms with E-state index >= 15 is 0 Å². The van der Waals surface area contributed by atoms with Crippen molar-refractivity contribution < 1.29 is 14.3 Å². The van der Waals surface area contributed by atoms with Gasteiger partial charge in [-0.05, 0) is 44.0 Å². The Kier molecular flexibility index (Phi) is 4.47. The van der Waals surface area contributed by atoms with Crippen LogP contribution in [0, 0.1) is 0 Å². The van der Waals surface area contributed by atoms with E-state index in [2.05, 4.69) is 0 Å². The average Bonchev–Trinajstić information content (AvgIpc) is 3.07. The molecule has 24 heavy (non-hydrogen) atoms. The summed E-state index contributed by atoms with van der Waals surface area (Å²) >= 11 is 0. The van der Waals surface area contributed by atoms with Crippen LogP contribution in [0.25, 0.3) is 0 Å². The number of carbonyl (C=O) groups is 1. The molecule has 4 nitrogen and oxygen atoms in total. The number of amides is 1. The molecule has 0 unspecified atom stereocenters. The summed E-state index contributed by atoms with van der Waals surface area (Å²) < 4.78 is 10.8. The SMILES string of the molecule is CCN(Cc1ccc2c(c1)OCO2)C(=O)C(C)(C)c1ccccc1. The molecule has 2 aromatic carbocycles. The van der Waals surface area contributed by atoms with Crippen LogP contribution in [0.15, 0.2) is 48.5 Å². The van der Waals surface area contributed by atoms with Gasteiger partial charge in [-0.25, -0.2) is 0 Å². The predicted octanol–water partition coefficient (Wildman–Crippen LogP) is 3.74. The lowest BCUT2D eigenvalue weighted by Gasteiger charge is -2.32. The molecule has 2 aromatic rings. The van der Waals surface area contributed by atoms with Gasteiger partial charge in [0.05, 0.1) is 5.41 Å². The molecule has 0 bridgehead atoms. The summed E-state index contributed by atoms with van der Waals surface area (Å²) in [5.41, 5.74) is 1.51. The Labute approximate surface area is 143 Å². The standard InChI is InChI=1S/C20H23NO3/c1-4-21(13-15-10-11-17-18(12-15)24-14-23-17)19(22)20(2,3)16-8-6-5-7-9-16/h5-12H,4,13-14H2,1-3H3. The van der Waals surface area contributed by atoms with Crippen molar-refractivity contribution in [2.45, 2.75) is 32.7 Å². The molecule has 0 aromatic heterocycles. The number of hydrogen-bond donors (Lipinski definition) is 0. The van der Waals surface area contributed by atoms with Gasteiger partial charge in [-0.1, -0.05) is 36.4 Å². The second-order valence-electron chi connectivity index (χ2n) is 6.50. The minimum atomic E-state index is -0.562. The molecule has 1 aliphatic heterocycles. The Bertz CT molecular complexity index is 725. The van der Waals surface area contributed by atoms with Gasteiger partial charge >= 0.3 is 0 Å². The maximum atomic E-state index is 13.1. The lowest BCUT2D eigenvalue weighted by atomic mass is 9.83. The smallest absolute Gasteiger partial charge is 0.232 e. The molecule has 1 heterocycles. The molecule has 0 radical (unpaired) electrons. The Morgan fingerprint density at radius 3 is 2.50 bits per heavy atom. The maximum Gasteiger partial charge on any atom is 0.232 e. The van der Waals surface area contributed by atoms with E-state index in [1.54, 1.807) is 0 Å². The Balaban J connectivity index is 1.79. The van der Waals surface area contributed by atoms with Gasteiger partial charge in [0, 0.05) is 13.1 Å². The second-order valence-corrected chi connectivity index (χ2v) is 6.50. The van der Waals surface area contributed by atoms with Crippen molar-refractivity contribution in [3.8, 4) is 11.5 Å². The van der Waals surface area contributed by atoms with Crippen LogP contribution in [0.4, 0.5) is 0 Å². The van der Waals surface area contributed by atoms with Gasteiger partial charge in [0.25, 0.3) is 0 Å². The average molecular weight is 325 g/mol. The minimum absolute atomic E-state index is 0.119. The number of nitrogens with zero attached hydrogens (tertiary/aromatic N) is 1. The zero-order chi connectivity index (χ0) is 17.2. The monoisotopic (exact) mass is 325 g/mol. The quantitative estimate of drug-likeness (QED) is 0.840. The van der Waals surface area contributed by atoms with Crippen LogP contribution in [0.1, 0.15) is 31.9 Å². The third-order valence-corrected chi connectivity index (χ3v) is 4.51. The van der Waals surface area contributed by atoms with E-state index in [-0.39, 0.29) is 12.7 Å². The van der Waals surface area contributed by atoms with E-state index in [0.29, 0.717) is 13.1 Å². The van der Waals surface area contributed by atoms with Crippen molar-refractivity contribution in [3.63, 3.8) is 0 Å². The number of carbonyl (C=O) groups excluding carboxylic acids is 1. The highest BCUT2D eigenvalue weighted by Crippen LogP contribution is 2.33. The van der Waals surface area contributed by atoms with E-state index in [1.165, 1.54) is 0 Å². The Hall–Kier alpha value is -2.49. The van der Waals surface area contributed by atoms with Crippen LogP contribution < -0.4 is 9.47 Å². The molecule has 126 valence electrons. The fraction of sp³-hybridized carbons (Fsp3) is 0.350. The highest BCUT2D eigenvalue weighted by atomic mass is 16.7. The molecule has 3 rings (SSSR count). The molecule has 0 atom stereocenters. The third kappa shape index (κ3) is 3.09. The highest BCUT2D eigenvalue weighted by molar-refractivity contribution is 5.87. The van der Waals surface area contributed by atoms with Crippen LogP contribution in [0.5, 0.6) is 11.5 Å². The van der Waals surface area contributed by atoms with Gasteiger partial charge in [0.2, 0.25) is 12.7 Å². The lowest BCUT2D eigenvalue weighted by molar-refractivity contribution is -0.136. The number of fused-ring (bicyclic) bond motifs is 1. The predicted molar refractivity (Wildman–Crippen MR) is 93.1 cm³/mol. The largest absolute Gasteiger partial charge is 0.454 e. The third-order valence-electron chi connectivity index (χ3n) is 4.51. The molecule has 0 saturated carbocycles. The molecular formula is C20H23NO3. The van der Waals surface area contributed by atoms with Gasteiger partial charge in [0.1, 0.15) is 0 Å². The molecule has 0 spiro atoms. The van der Waals surface area contributed by atoms with Crippen molar-refractivity contribution in [1.29, 1.82) is 0 Å². The molecule has 4 heteroatoms. The van der Waals surface area contributed by atoms with Crippen LogP contribution >= 0.6 is 0 Å². The van der Waals surface area contributed by atoms with Crippen LogP contribution in [-0.4, -0.2) is 24.1 Å². The normalized spacial score (nSPS) is 13.0. The zero-order valence-electron chi connectivity index (χ0n) is 14.4. The van der Waals surface area contributed by atoms with Crippen molar-refractivity contribution in [3.05, 3.63) is 59.7 Å². The number of likely N-dealkylation sites (N-methyl/N-ethyl adjacent to an activating group) is 1. The number of benzene rings is 2. The van der Waals surface area contributed by atoms with E-state index in [9.17, 15) is 4.79 Å². The van der Waals surface area contributed by atoms with Gasteiger partial charge in [-0.15, -0.1) is 0 Å². The lowest BCUT2D eigenvalue weighted by Crippen LogP contribution is -2.43. The summed E-state index contributed by atoms with van der Waals surface area (Å²) in [6, 6.07) is 15.8. The van der Waals surface area contributed by atoms with E-state index in [0.717, 1.165) is 22.6 Å². The maximum absolute atomic E-state index is 13.1. The summed E-state index contributed by atoms with van der Waals surface area (Å²) in [6.45, 7) is 7.44. The van der Waals surface area contributed by atoms with E-state index < -0.39 is 5.41 Å². The van der Waals surface area contributed by atoms with Crippen LogP contribution in [0.3, 0.4) is 0 Å². The number of hydrogen-bond acceptors (Lipinski definition) is 3. The zero-order valence-corrected chi connectivity index (χ0v) is 14.4. The number of rotatable bonds is 5. The van der Waals surface area contributed by atoms with E-state index in [4.69, 9.17) is 9.47 Å². The van der Waals surface area contributed by atoms with E-state index in [1.807, 2.05) is 74.2 Å². The Morgan fingerprint density at radius 2 is 1.79 bits per heavy atom. The van der Waals surface area contributed by atoms with Gasteiger partial charge < -0.3 is 14.4 Å². The first-order valence-corrected chi connectivity index (χ1v) is 8.26. The fourth-order valence-corrected chi connectivity index (χ4v) is 2.96. The van der Waals surface area contributed by atoms with Crippen molar-refractivity contribution in [1.82, 2.24) is 4.90 Å². The van der Waals surface area contributed by atoms with Crippen LogP contribution in [0.2, 0.25) is 0 Å². The Morgan fingerprint density at radius 1 is 1.08 bits per heavy atom. The molecule has 0 fully saturated rings. The molecular weight excluding hydrogens is 302 g/mol. The number of ether oxygens (including phenoxy) is 2. The minimum Gasteiger partial charge on any atom is -0.454 e. The van der Waals surface area contributed by atoms with Crippen LogP contribution in [-0.2, 0) is 16.8 Å². The molecule has 0 aliphatic carbocycles. The van der Waals surface area contributed by atoms with Gasteiger partial charge in [-0.2, -0.15) is 0 Å². The highest BCUT2D eigenvalue weighted by Gasteiger charge is 2.33. The molecule has 1 aliphatic rings. The summed E-state index contributed by atoms with van der Waals surface area (Å²) in [4.78, 5) is 15.0. The van der Waals surface area contributed by atoms with Gasteiger partial charge in [-0.3, -0.25) is 4.79 Å². The summed E-state index contributed by atoms with van der Waals surface area (Å²) in [5.74, 6) is 1.63. The first-order chi connectivity index (χ1) is 11.5. The van der Waals surface area contributed by atoms with Crippen molar-refractivity contribution in [2.24, 2.45) is 0 Å². The van der Waals surface area contributed by atoms with Crippen molar-refractivity contribution in [2.75, 3.05) is 13.3 Å². The molecule has 0 N–H and O–H groups in total. The molecule has 0 saturated heterocycles. The van der Waals surface area contributed by atoms with Gasteiger partial charge in [0.15, 0.2) is 11.5 Å². The molecule has 1 amide bonds.